The van der Waals surface area contributed by atoms with Gasteiger partial charge in [-0.3, -0.25) is 9.52 Å². The minimum Gasteiger partial charge on any atom is -0.307 e. The second kappa shape index (κ2) is 8.33. The molecular weight excluding hydrogens is 441 g/mol. The molecule has 0 atom stereocenters. The summed E-state index contributed by atoms with van der Waals surface area (Å²) in [5.41, 5.74) is 0.922. The number of amides is 1. The Morgan fingerprint density at radius 3 is 2.45 bits per heavy atom. The van der Waals surface area contributed by atoms with E-state index < -0.39 is 21.7 Å². The highest BCUT2D eigenvalue weighted by molar-refractivity contribution is 7.92. The molecule has 0 fully saturated rings. The molecule has 9 heteroatoms. The van der Waals surface area contributed by atoms with Crippen LogP contribution in [0.15, 0.2) is 83.8 Å². The number of halogens is 2. The number of carbonyl (C=O) groups is 1. The average molecular weight is 456 g/mol. The Morgan fingerprint density at radius 1 is 0.935 bits per heavy atom. The maximum Gasteiger partial charge on any atom is 0.261 e. The zero-order chi connectivity index (χ0) is 22.0. The maximum atomic E-state index is 13.1. The predicted octanol–water partition coefficient (Wildman–Crippen LogP) is 5.08. The third-order valence-electron chi connectivity index (χ3n) is 4.44. The van der Waals surface area contributed by atoms with Crippen molar-refractivity contribution >= 4 is 49.9 Å². The fourth-order valence-corrected chi connectivity index (χ4v) is 4.18. The summed E-state index contributed by atoms with van der Waals surface area (Å²) in [6.07, 6.45) is 0. The van der Waals surface area contributed by atoms with Crippen LogP contribution in [-0.4, -0.2) is 19.3 Å². The Labute approximate surface area is 182 Å². The van der Waals surface area contributed by atoms with Crippen LogP contribution in [0.1, 0.15) is 10.4 Å². The Morgan fingerprint density at radius 2 is 1.68 bits per heavy atom. The summed E-state index contributed by atoms with van der Waals surface area (Å²) in [5, 5.41) is 3.72. The fourth-order valence-electron chi connectivity index (χ4n) is 2.89. The lowest BCUT2D eigenvalue weighted by molar-refractivity contribution is 0.102. The molecule has 0 saturated heterocycles. The maximum absolute atomic E-state index is 13.1. The first-order chi connectivity index (χ1) is 14.8. The van der Waals surface area contributed by atoms with Crippen LogP contribution < -0.4 is 10.0 Å². The molecule has 6 nitrogen and oxygen atoms in total. The molecule has 4 aromatic rings. The highest BCUT2D eigenvalue weighted by atomic mass is 35.5. The summed E-state index contributed by atoms with van der Waals surface area (Å²) in [6.45, 7) is 0. The quantitative estimate of drug-likeness (QED) is 0.439. The van der Waals surface area contributed by atoms with E-state index in [4.69, 9.17) is 11.6 Å². The molecule has 0 unspecified atom stereocenters. The zero-order valence-corrected chi connectivity index (χ0v) is 17.4. The van der Waals surface area contributed by atoms with Crippen molar-refractivity contribution in [3.63, 3.8) is 0 Å². The average Bonchev–Trinajstić information content (AvgIpc) is 2.75. The number of carbonyl (C=O) groups excluding carboxylic acids is 1. The Hall–Kier alpha value is -3.49. The van der Waals surface area contributed by atoms with Gasteiger partial charge < -0.3 is 5.32 Å². The summed E-state index contributed by atoms with van der Waals surface area (Å²) in [6, 6.07) is 19.5. The van der Waals surface area contributed by atoms with Crippen LogP contribution in [0.25, 0.3) is 10.9 Å². The van der Waals surface area contributed by atoms with Crippen LogP contribution in [0.3, 0.4) is 0 Å². The highest BCUT2D eigenvalue weighted by Crippen LogP contribution is 2.26. The molecule has 0 aliphatic carbocycles. The number of para-hydroxylation sites is 1. The minimum atomic E-state index is -4.02. The van der Waals surface area contributed by atoms with Gasteiger partial charge in [-0.25, -0.2) is 17.8 Å². The first-order valence-corrected chi connectivity index (χ1v) is 10.9. The normalized spacial score (nSPS) is 11.3. The summed E-state index contributed by atoms with van der Waals surface area (Å²) < 4.78 is 40.5. The van der Waals surface area contributed by atoms with Crippen LogP contribution in [0.2, 0.25) is 5.02 Å². The lowest BCUT2D eigenvalue weighted by Crippen LogP contribution is -2.16. The Bertz CT molecular complexity index is 1390. The van der Waals surface area contributed by atoms with Crippen molar-refractivity contribution in [2.45, 2.75) is 4.90 Å². The van der Waals surface area contributed by atoms with E-state index in [2.05, 4.69) is 15.0 Å². The molecule has 3 aromatic carbocycles. The fraction of sp³-hybridized carbons (Fsp3) is 0. The first kappa shape index (κ1) is 20.8. The SMILES string of the molecule is O=C(Nc1ccc2ccccc2n1)c1ccc(Cl)c(NS(=O)(=O)c2ccc(F)cc2)c1. The van der Waals surface area contributed by atoms with Gasteiger partial charge in [0.15, 0.2) is 0 Å². The van der Waals surface area contributed by atoms with E-state index in [1.165, 1.54) is 18.2 Å². The van der Waals surface area contributed by atoms with Crippen molar-refractivity contribution in [2.75, 3.05) is 10.0 Å². The number of aromatic nitrogens is 1. The van der Waals surface area contributed by atoms with E-state index in [0.29, 0.717) is 5.82 Å². The largest absolute Gasteiger partial charge is 0.307 e. The topological polar surface area (TPSA) is 88.2 Å². The molecular formula is C22H15ClFN3O3S. The minimum absolute atomic E-state index is 0.0186. The molecule has 4 rings (SSSR count). The van der Waals surface area contributed by atoms with Gasteiger partial charge in [0, 0.05) is 10.9 Å². The summed E-state index contributed by atoms with van der Waals surface area (Å²) in [4.78, 5) is 16.9. The number of rotatable bonds is 5. The standard InChI is InChI=1S/C22H15ClFN3O3S/c23-18-11-5-15(13-20(18)27-31(29,30)17-9-7-16(24)8-10-17)22(28)26-21-12-6-14-3-1-2-4-19(14)25-21/h1-13,27H,(H,25,26,28). The molecule has 0 saturated carbocycles. The van der Waals surface area contributed by atoms with Gasteiger partial charge in [0.2, 0.25) is 0 Å². The molecule has 0 spiro atoms. The van der Waals surface area contributed by atoms with Crippen molar-refractivity contribution in [3.8, 4) is 0 Å². The van der Waals surface area contributed by atoms with Crippen LogP contribution in [0, 0.1) is 5.82 Å². The van der Waals surface area contributed by atoms with E-state index >= 15 is 0 Å². The zero-order valence-electron chi connectivity index (χ0n) is 15.8. The molecule has 1 amide bonds. The lowest BCUT2D eigenvalue weighted by Gasteiger charge is -2.12. The van der Waals surface area contributed by atoms with Gasteiger partial charge in [0.25, 0.3) is 15.9 Å². The van der Waals surface area contributed by atoms with Gasteiger partial charge in [0.05, 0.1) is 21.1 Å². The summed E-state index contributed by atoms with van der Waals surface area (Å²) in [7, 11) is -4.02. The molecule has 2 N–H and O–H groups in total. The van der Waals surface area contributed by atoms with Crippen molar-refractivity contribution in [1.82, 2.24) is 4.98 Å². The number of hydrogen-bond acceptors (Lipinski definition) is 4. The Kier molecular flexibility index (Phi) is 5.58. The molecule has 156 valence electrons. The summed E-state index contributed by atoms with van der Waals surface area (Å²) in [5.74, 6) is -0.688. The lowest BCUT2D eigenvalue weighted by atomic mass is 10.2. The predicted molar refractivity (Wildman–Crippen MR) is 118 cm³/mol. The Balaban J connectivity index is 1.57. The van der Waals surface area contributed by atoms with Crippen LogP contribution in [-0.2, 0) is 10.0 Å². The van der Waals surface area contributed by atoms with E-state index in [1.807, 2.05) is 30.3 Å². The number of fused-ring (bicyclic) bond motifs is 1. The van der Waals surface area contributed by atoms with Crippen molar-refractivity contribution in [3.05, 3.63) is 95.3 Å². The van der Waals surface area contributed by atoms with Gasteiger partial charge in [-0.2, -0.15) is 0 Å². The number of hydrogen-bond donors (Lipinski definition) is 2. The molecule has 0 aliphatic rings. The third-order valence-corrected chi connectivity index (χ3v) is 6.15. The van der Waals surface area contributed by atoms with E-state index in [9.17, 15) is 17.6 Å². The van der Waals surface area contributed by atoms with Crippen molar-refractivity contribution in [2.24, 2.45) is 0 Å². The van der Waals surface area contributed by atoms with Gasteiger partial charge in [-0.05, 0) is 60.7 Å². The molecule has 0 radical (unpaired) electrons. The highest BCUT2D eigenvalue weighted by Gasteiger charge is 2.18. The number of nitrogens with zero attached hydrogens (tertiary/aromatic N) is 1. The van der Waals surface area contributed by atoms with Crippen LogP contribution in [0.5, 0.6) is 0 Å². The second-order valence-electron chi connectivity index (χ2n) is 6.60. The number of anilines is 2. The van der Waals surface area contributed by atoms with Crippen molar-refractivity contribution in [1.29, 1.82) is 0 Å². The summed E-state index contributed by atoms with van der Waals surface area (Å²) >= 11 is 6.11. The molecule has 0 bridgehead atoms. The molecule has 1 heterocycles. The number of benzene rings is 3. The molecule has 31 heavy (non-hydrogen) atoms. The van der Waals surface area contributed by atoms with Gasteiger partial charge in [0.1, 0.15) is 11.6 Å². The van der Waals surface area contributed by atoms with E-state index in [-0.39, 0.29) is 21.2 Å². The van der Waals surface area contributed by atoms with Crippen molar-refractivity contribution < 1.29 is 17.6 Å². The third kappa shape index (κ3) is 4.65. The second-order valence-corrected chi connectivity index (χ2v) is 8.69. The van der Waals surface area contributed by atoms with Gasteiger partial charge in [-0.1, -0.05) is 29.8 Å². The van der Waals surface area contributed by atoms with E-state index in [0.717, 1.165) is 35.2 Å². The number of sulfonamides is 1. The van der Waals surface area contributed by atoms with Crippen LogP contribution >= 0.6 is 11.6 Å². The van der Waals surface area contributed by atoms with Gasteiger partial charge >= 0.3 is 0 Å². The van der Waals surface area contributed by atoms with E-state index in [1.54, 1.807) is 6.07 Å². The molecule has 1 aromatic heterocycles. The van der Waals surface area contributed by atoms with Gasteiger partial charge in [-0.15, -0.1) is 0 Å². The molecule has 0 aliphatic heterocycles. The van der Waals surface area contributed by atoms with Crippen LogP contribution in [0.4, 0.5) is 15.9 Å². The first-order valence-electron chi connectivity index (χ1n) is 9.07. The number of pyridine rings is 1. The number of nitrogens with one attached hydrogen (secondary N) is 2. The smallest absolute Gasteiger partial charge is 0.261 e. The monoisotopic (exact) mass is 455 g/mol.